The summed E-state index contributed by atoms with van der Waals surface area (Å²) in [5.74, 6) is -0.962. The molecule has 0 bridgehead atoms. The summed E-state index contributed by atoms with van der Waals surface area (Å²) >= 11 is 0. The van der Waals surface area contributed by atoms with Crippen LogP contribution in [0.15, 0.2) is 30.3 Å². The molecular weight excluding hydrogens is 274 g/mol. The maximum Gasteiger partial charge on any atom is 0.413 e. The first-order valence-electron chi connectivity index (χ1n) is 6.76. The summed E-state index contributed by atoms with van der Waals surface area (Å²) in [6, 6.07) is 7.08. The maximum atomic E-state index is 12.1. The van der Waals surface area contributed by atoms with Crippen molar-refractivity contribution in [2.45, 2.75) is 25.3 Å². The molecule has 1 fully saturated rings. The highest BCUT2D eigenvalue weighted by Crippen LogP contribution is 2.28. The van der Waals surface area contributed by atoms with E-state index in [2.05, 4.69) is 10.1 Å². The number of Topliss-reactive ketones (excluding diaryl/α,β-unsaturated/α-hetero) is 1. The van der Waals surface area contributed by atoms with Crippen LogP contribution < -0.4 is 10.1 Å². The molecule has 6 heteroatoms. The van der Waals surface area contributed by atoms with Gasteiger partial charge < -0.3 is 14.8 Å². The van der Waals surface area contributed by atoms with E-state index in [1.807, 2.05) is 0 Å². The number of carbonyl (C=O) groups excluding carboxylic acids is 3. The molecule has 1 aromatic carbocycles. The lowest BCUT2D eigenvalue weighted by Gasteiger charge is -2.27. The molecule has 1 N–H and O–H groups in total. The quantitative estimate of drug-likeness (QED) is 0.659. The summed E-state index contributed by atoms with van der Waals surface area (Å²) < 4.78 is 9.58. The van der Waals surface area contributed by atoms with Gasteiger partial charge in [-0.05, 0) is 25.0 Å². The van der Waals surface area contributed by atoms with E-state index in [-0.39, 0.29) is 11.7 Å². The van der Waals surface area contributed by atoms with Crippen molar-refractivity contribution < 1.29 is 23.9 Å². The molecule has 1 aromatic rings. The van der Waals surface area contributed by atoms with Crippen molar-refractivity contribution >= 4 is 17.8 Å². The molecule has 1 amide bonds. The van der Waals surface area contributed by atoms with Crippen molar-refractivity contribution in [3.05, 3.63) is 30.3 Å². The Labute approximate surface area is 122 Å². The van der Waals surface area contributed by atoms with Crippen molar-refractivity contribution in [3.8, 4) is 5.75 Å². The van der Waals surface area contributed by atoms with Crippen LogP contribution in [0.3, 0.4) is 0 Å². The highest BCUT2D eigenvalue weighted by Gasteiger charge is 2.37. The third-order valence-corrected chi connectivity index (χ3v) is 3.44. The Morgan fingerprint density at radius 3 is 2.38 bits per heavy atom. The predicted molar refractivity (Wildman–Crippen MR) is 73.8 cm³/mol. The number of amides is 1. The fourth-order valence-corrected chi connectivity index (χ4v) is 2.04. The van der Waals surface area contributed by atoms with E-state index < -0.39 is 18.1 Å². The first kappa shape index (κ1) is 15.0. The van der Waals surface area contributed by atoms with Crippen LogP contribution in [0.25, 0.3) is 0 Å². The number of methoxy groups -OCH3 is 1. The number of nitrogens with one attached hydrogen (secondary N) is 1. The van der Waals surface area contributed by atoms with E-state index in [0.717, 1.165) is 19.3 Å². The highest BCUT2D eigenvalue weighted by molar-refractivity contribution is 6.06. The van der Waals surface area contributed by atoms with E-state index >= 15 is 0 Å². The van der Waals surface area contributed by atoms with Crippen LogP contribution in [0.1, 0.15) is 19.3 Å². The fourth-order valence-electron chi connectivity index (χ4n) is 2.04. The molecule has 1 aliphatic carbocycles. The van der Waals surface area contributed by atoms with Crippen LogP contribution in [0.5, 0.6) is 5.75 Å². The van der Waals surface area contributed by atoms with Gasteiger partial charge in [0.25, 0.3) is 0 Å². The van der Waals surface area contributed by atoms with Gasteiger partial charge in [-0.15, -0.1) is 0 Å². The first-order valence-corrected chi connectivity index (χ1v) is 6.76. The number of esters is 1. The van der Waals surface area contributed by atoms with Gasteiger partial charge in [0.2, 0.25) is 0 Å². The van der Waals surface area contributed by atoms with Crippen molar-refractivity contribution in [1.29, 1.82) is 0 Å². The molecule has 1 saturated carbocycles. The van der Waals surface area contributed by atoms with Crippen LogP contribution in [0, 0.1) is 5.92 Å². The molecule has 0 aromatic heterocycles. The molecule has 1 atom stereocenters. The average molecular weight is 291 g/mol. The molecule has 21 heavy (non-hydrogen) atoms. The summed E-state index contributed by atoms with van der Waals surface area (Å²) in [5.41, 5.74) is 0. The molecule has 0 heterocycles. The van der Waals surface area contributed by atoms with Gasteiger partial charge in [-0.25, -0.2) is 9.59 Å². The molecule has 0 saturated heterocycles. The average Bonchev–Trinajstić information content (AvgIpc) is 2.43. The van der Waals surface area contributed by atoms with Crippen LogP contribution in [-0.2, 0) is 14.3 Å². The van der Waals surface area contributed by atoms with Gasteiger partial charge in [-0.1, -0.05) is 24.6 Å². The molecular formula is C15H17NO5. The predicted octanol–water partition coefficient (Wildman–Crippen LogP) is 1.69. The van der Waals surface area contributed by atoms with Gasteiger partial charge in [0.15, 0.2) is 11.8 Å². The Hall–Kier alpha value is -2.37. The molecule has 6 nitrogen and oxygen atoms in total. The highest BCUT2D eigenvalue weighted by atomic mass is 16.6. The van der Waals surface area contributed by atoms with Gasteiger partial charge in [-0.3, -0.25) is 4.79 Å². The maximum absolute atomic E-state index is 12.1. The Morgan fingerprint density at radius 2 is 1.86 bits per heavy atom. The monoisotopic (exact) mass is 291 g/mol. The standard InChI is InChI=1S/C15H17NO5/c1-20-14(18)12(13(17)10-6-5-7-10)16-15(19)21-11-8-3-2-4-9-11/h2-4,8-10,12H,5-7H2,1H3,(H,16,19). The number of benzene rings is 1. The molecule has 1 aliphatic rings. The van der Waals surface area contributed by atoms with E-state index in [1.165, 1.54) is 7.11 Å². The zero-order valence-corrected chi connectivity index (χ0v) is 11.7. The number of rotatable bonds is 5. The van der Waals surface area contributed by atoms with Crippen LogP contribution in [0.2, 0.25) is 0 Å². The first-order chi connectivity index (χ1) is 10.1. The molecule has 112 valence electrons. The molecule has 0 spiro atoms. The number of para-hydroxylation sites is 1. The van der Waals surface area contributed by atoms with Crippen molar-refractivity contribution in [1.82, 2.24) is 5.32 Å². The van der Waals surface area contributed by atoms with Gasteiger partial charge in [0.05, 0.1) is 7.11 Å². The topological polar surface area (TPSA) is 81.7 Å². The van der Waals surface area contributed by atoms with Crippen LogP contribution in [-0.4, -0.2) is 31.0 Å². The van der Waals surface area contributed by atoms with E-state index in [0.29, 0.717) is 5.75 Å². The minimum atomic E-state index is -1.31. The lowest BCUT2D eigenvalue weighted by Crippen LogP contribution is -2.51. The van der Waals surface area contributed by atoms with E-state index in [1.54, 1.807) is 30.3 Å². The summed E-state index contributed by atoms with van der Waals surface area (Å²) in [5, 5.41) is 2.28. The van der Waals surface area contributed by atoms with Gasteiger partial charge >= 0.3 is 12.1 Å². The number of ether oxygens (including phenoxy) is 2. The second-order valence-electron chi connectivity index (χ2n) is 4.83. The van der Waals surface area contributed by atoms with E-state index in [9.17, 15) is 14.4 Å². The minimum Gasteiger partial charge on any atom is -0.467 e. The lowest BCUT2D eigenvalue weighted by molar-refractivity contribution is -0.148. The van der Waals surface area contributed by atoms with Gasteiger partial charge in [0, 0.05) is 5.92 Å². The molecule has 2 rings (SSSR count). The van der Waals surface area contributed by atoms with Gasteiger partial charge in [-0.2, -0.15) is 0 Å². The third-order valence-electron chi connectivity index (χ3n) is 3.44. The third kappa shape index (κ3) is 3.81. The lowest BCUT2D eigenvalue weighted by atomic mass is 9.80. The summed E-state index contributed by atoms with van der Waals surface area (Å²) in [7, 11) is 1.17. The zero-order chi connectivity index (χ0) is 15.2. The number of carbonyl (C=O) groups is 3. The van der Waals surface area contributed by atoms with Crippen molar-refractivity contribution in [3.63, 3.8) is 0 Å². The Bertz CT molecular complexity index is 524. The number of hydrogen-bond donors (Lipinski definition) is 1. The van der Waals surface area contributed by atoms with Crippen LogP contribution in [0.4, 0.5) is 4.79 Å². The Morgan fingerprint density at radius 1 is 1.19 bits per heavy atom. The largest absolute Gasteiger partial charge is 0.467 e. The van der Waals surface area contributed by atoms with Gasteiger partial charge in [0.1, 0.15) is 5.75 Å². The molecule has 1 unspecified atom stereocenters. The smallest absolute Gasteiger partial charge is 0.413 e. The summed E-state index contributed by atoms with van der Waals surface area (Å²) in [6.07, 6.45) is 1.58. The van der Waals surface area contributed by atoms with E-state index in [4.69, 9.17) is 4.74 Å². The zero-order valence-electron chi connectivity index (χ0n) is 11.7. The van der Waals surface area contributed by atoms with Crippen molar-refractivity contribution in [2.24, 2.45) is 5.92 Å². The van der Waals surface area contributed by atoms with Crippen molar-refractivity contribution in [2.75, 3.05) is 7.11 Å². The SMILES string of the molecule is COC(=O)C(NC(=O)Oc1ccccc1)C(=O)C1CCC1. The minimum absolute atomic E-state index is 0.189. The Balaban J connectivity index is 1.99. The molecule has 0 radical (unpaired) electrons. The number of ketones is 1. The second-order valence-corrected chi connectivity index (χ2v) is 4.83. The normalized spacial score (nSPS) is 15.5. The summed E-state index contributed by atoms with van der Waals surface area (Å²) in [6.45, 7) is 0. The molecule has 0 aliphatic heterocycles. The summed E-state index contributed by atoms with van der Waals surface area (Å²) in [4.78, 5) is 35.6. The number of hydrogen-bond acceptors (Lipinski definition) is 5. The van der Waals surface area contributed by atoms with Crippen LogP contribution >= 0.6 is 0 Å². The second kappa shape index (κ2) is 6.88. The Kier molecular flexibility index (Phi) is 4.92. The fraction of sp³-hybridized carbons (Fsp3) is 0.400.